The van der Waals surface area contributed by atoms with E-state index in [0.29, 0.717) is 11.5 Å². The Hall–Kier alpha value is -0.0400. The Morgan fingerprint density at radius 3 is 2.00 bits per heavy atom. The van der Waals surface area contributed by atoms with Gasteiger partial charge in [-0.15, -0.1) is 0 Å². The molecule has 1 aliphatic rings. The number of rotatable bonds is 0. The van der Waals surface area contributed by atoms with Crippen LogP contribution >= 0.6 is 0 Å². The molecule has 0 amide bonds. The zero-order valence-corrected chi connectivity index (χ0v) is 5.07. The molecule has 7 heavy (non-hydrogen) atoms. The van der Waals surface area contributed by atoms with Crippen molar-refractivity contribution in [1.29, 1.82) is 0 Å². The van der Waals surface area contributed by atoms with Crippen molar-refractivity contribution in [2.24, 2.45) is 11.1 Å². The zero-order chi connectivity index (χ0) is 5.49. The summed E-state index contributed by atoms with van der Waals surface area (Å²) in [5.74, 6) is 0. The minimum absolute atomic E-state index is 0.458. The van der Waals surface area contributed by atoms with E-state index in [1.54, 1.807) is 0 Å². The second-order valence-electron chi connectivity index (χ2n) is 3.13. The maximum atomic E-state index is 5.66. The molecule has 0 aromatic heterocycles. The molecule has 1 heteroatoms. The van der Waals surface area contributed by atoms with Gasteiger partial charge in [0.05, 0.1) is 0 Å². The lowest BCUT2D eigenvalue weighted by Crippen LogP contribution is -2.46. The molecule has 0 aromatic carbocycles. The fourth-order valence-electron chi connectivity index (χ4n) is 0.888. The molecule has 0 bridgehead atoms. The van der Waals surface area contributed by atoms with E-state index in [0.717, 1.165) is 0 Å². The molecule has 1 saturated carbocycles. The molecule has 42 valence electrons. The normalized spacial score (nSPS) is 37.3. The highest BCUT2D eigenvalue weighted by atomic mass is 14.7. The van der Waals surface area contributed by atoms with Gasteiger partial charge in [-0.1, -0.05) is 13.8 Å². The zero-order valence-electron chi connectivity index (χ0n) is 5.07. The second kappa shape index (κ2) is 1.22. The SMILES string of the molecule is CC1(C)CC[C@@H]1N. The Kier molecular flexibility index (Phi) is 0.890. The molecule has 0 spiro atoms. The van der Waals surface area contributed by atoms with Gasteiger partial charge in [0, 0.05) is 6.04 Å². The summed E-state index contributed by atoms with van der Waals surface area (Å²) in [5, 5.41) is 0. The first-order valence-electron chi connectivity index (χ1n) is 2.88. The summed E-state index contributed by atoms with van der Waals surface area (Å²) in [6.07, 6.45) is 2.54. The highest BCUT2D eigenvalue weighted by Gasteiger charge is 2.34. The van der Waals surface area contributed by atoms with Crippen LogP contribution < -0.4 is 5.73 Å². The minimum atomic E-state index is 0.458. The van der Waals surface area contributed by atoms with Gasteiger partial charge in [0.15, 0.2) is 0 Å². The van der Waals surface area contributed by atoms with Gasteiger partial charge in [0.25, 0.3) is 0 Å². The first kappa shape index (κ1) is 5.10. The van der Waals surface area contributed by atoms with Gasteiger partial charge < -0.3 is 5.73 Å². The fourth-order valence-corrected chi connectivity index (χ4v) is 0.888. The van der Waals surface area contributed by atoms with Crippen molar-refractivity contribution >= 4 is 0 Å². The summed E-state index contributed by atoms with van der Waals surface area (Å²) in [6.45, 7) is 4.45. The average Bonchev–Trinajstić information content (AvgIpc) is 1.63. The van der Waals surface area contributed by atoms with Crippen molar-refractivity contribution in [3.05, 3.63) is 0 Å². The summed E-state index contributed by atoms with van der Waals surface area (Å²) in [7, 11) is 0. The van der Waals surface area contributed by atoms with Crippen LogP contribution in [0.1, 0.15) is 26.7 Å². The van der Waals surface area contributed by atoms with Gasteiger partial charge in [-0.2, -0.15) is 0 Å². The van der Waals surface area contributed by atoms with E-state index in [4.69, 9.17) is 5.73 Å². The quantitative estimate of drug-likeness (QED) is 0.484. The van der Waals surface area contributed by atoms with Crippen molar-refractivity contribution in [3.63, 3.8) is 0 Å². The number of hydrogen-bond acceptors (Lipinski definition) is 1. The summed E-state index contributed by atoms with van der Waals surface area (Å²) in [5.41, 5.74) is 6.11. The molecular formula is C6H13N. The minimum Gasteiger partial charge on any atom is -0.327 e. The third-order valence-corrected chi connectivity index (χ3v) is 2.10. The average molecular weight is 99.2 g/mol. The number of nitrogens with two attached hydrogens (primary N) is 1. The van der Waals surface area contributed by atoms with Crippen molar-refractivity contribution in [3.8, 4) is 0 Å². The third-order valence-electron chi connectivity index (χ3n) is 2.10. The van der Waals surface area contributed by atoms with Crippen LogP contribution in [0.15, 0.2) is 0 Å². The molecule has 0 unspecified atom stereocenters. The van der Waals surface area contributed by atoms with Gasteiger partial charge >= 0.3 is 0 Å². The van der Waals surface area contributed by atoms with Crippen LogP contribution in [-0.2, 0) is 0 Å². The van der Waals surface area contributed by atoms with Crippen LogP contribution in [0.4, 0.5) is 0 Å². The van der Waals surface area contributed by atoms with E-state index >= 15 is 0 Å². The van der Waals surface area contributed by atoms with Crippen molar-refractivity contribution < 1.29 is 0 Å². The van der Waals surface area contributed by atoms with Crippen LogP contribution in [-0.4, -0.2) is 6.04 Å². The molecule has 0 heterocycles. The predicted octanol–water partition coefficient (Wildman–Crippen LogP) is 1.13. The van der Waals surface area contributed by atoms with Crippen LogP contribution in [0.25, 0.3) is 0 Å². The molecule has 1 rings (SSSR count). The molecule has 1 nitrogen and oxygen atoms in total. The molecule has 0 aliphatic heterocycles. The summed E-state index contributed by atoms with van der Waals surface area (Å²) < 4.78 is 0. The largest absolute Gasteiger partial charge is 0.327 e. The van der Waals surface area contributed by atoms with E-state index in [2.05, 4.69) is 13.8 Å². The molecule has 0 radical (unpaired) electrons. The molecule has 0 aromatic rings. The first-order valence-corrected chi connectivity index (χ1v) is 2.88. The third kappa shape index (κ3) is 0.653. The van der Waals surface area contributed by atoms with Crippen molar-refractivity contribution in [2.75, 3.05) is 0 Å². The van der Waals surface area contributed by atoms with E-state index in [-0.39, 0.29) is 0 Å². The molecule has 1 fully saturated rings. The van der Waals surface area contributed by atoms with E-state index in [9.17, 15) is 0 Å². The maximum Gasteiger partial charge on any atom is 0.00905 e. The Labute approximate surface area is 44.9 Å². The lowest BCUT2D eigenvalue weighted by Gasteiger charge is -2.41. The summed E-state index contributed by atoms with van der Waals surface area (Å²) in [6, 6.07) is 0.479. The van der Waals surface area contributed by atoms with Crippen LogP contribution in [0.3, 0.4) is 0 Å². The van der Waals surface area contributed by atoms with Gasteiger partial charge in [-0.25, -0.2) is 0 Å². The monoisotopic (exact) mass is 99.1 g/mol. The van der Waals surface area contributed by atoms with Crippen molar-refractivity contribution in [1.82, 2.24) is 0 Å². The standard InChI is InChI=1S/C6H13N/c1-6(2)4-3-5(6)7/h5H,3-4,7H2,1-2H3/t5-/m0/s1. The molecule has 1 atom stereocenters. The van der Waals surface area contributed by atoms with Crippen LogP contribution in [0.5, 0.6) is 0 Å². The van der Waals surface area contributed by atoms with Crippen molar-refractivity contribution in [2.45, 2.75) is 32.7 Å². The van der Waals surface area contributed by atoms with Crippen LogP contribution in [0, 0.1) is 5.41 Å². The summed E-state index contributed by atoms with van der Waals surface area (Å²) in [4.78, 5) is 0. The lowest BCUT2D eigenvalue weighted by atomic mass is 9.68. The lowest BCUT2D eigenvalue weighted by molar-refractivity contribution is 0.144. The molecular weight excluding hydrogens is 86.1 g/mol. The Morgan fingerprint density at radius 1 is 1.57 bits per heavy atom. The van der Waals surface area contributed by atoms with E-state index < -0.39 is 0 Å². The van der Waals surface area contributed by atoms with Gasteiger partial charge in [0.1, 0.15) is 0 Å². The Morgan fingerprint density at radius 2 is 2.00 bits per heavy atom. The fraction of sp³-hybridized carbons (Fsp3) is 1.00. The number of hydrogen-bond donors (Lipinski definition) is 1. The van der Waals surface area contributed by atoms with Gasteiger partial charge in [-0.3, -0.25) is 0 Å². The maximum absolute atomic E-state index is 5.66. The van der Waals surface area contributed by atoms with Gasteiger partial charge in [0.2, 0.25) is 0 Å². The predicted molar refractivity (Wildman–Crippen MR) is 31.0 cm³/mol. The first-order chi connectivity index (χ1) is 3.13. The van der Waals surface area contributed by atoms with Crippen LogP contribution in [0.2, 0.25) is 0 Å². The topological polar surface area (TPSA) is 26.0 Å². The molecule has 2 N–H and O–H groups in total. The Balaban J connectivity index is 2.43. The highest BCUT2D eigenvalue weighted by Crippen LogP contribution is 2.37. The molecule has 1 aliphatic carbocycles. The van der Waals surface area contributed by atoms with E-state index in [1.165, 1.54) is 12.8 Å². The molecule has 0 saturated heterocycles. The smallest absolute Gasteiger partial charge is 0.00905 e. The Bertz CT molecular complexity index is 76.2. The summed E-state index contributed by atoms with van der Waals surface area (Å²) >= 11 is 0. The second-order valence-corrected chi connectivity index (χ2v) is 3.13. The van der Waals surface area contributed by atoms with Gasteiger partial charge in [-0.05, 0) is 18.3 Å². The highest BCUT2D eigenvalue weighted by molar-refractivity contribution is 4.91. The van der Waals surface area contributed by atoms with E-state index in [1.807, 2.05) is 0 Å².